The number of hydrogen-bond donors (Lipinski definition) is 1. The number of benzene rings is 3. The third kappa shape index (κ3) is 3.09. The topological polar surface area (TPSA) is 92.6 Å². The van der Waals surface area contributed by atoms with E-state index in [-0.39, 0.29) is 24.2 Å². The molecule has 7 nitrogen and oxygen atoms in total. The third-order valence-corrected chi connectivity index (χ3v) is 4.62. The summed E-state index contributed by atoms with van der Waals surface area (Å²) >= 11 is 0. The summed E-state index contributed by atoms with van der Waals surface area (Å²) in [5.74, 6) is -0.619. The molecule has 0 aromatic heterocycles. The van der Waals surface area contributed by atoms with Crippen LogP contribution in [0.4, 0.5) is 11.4 Å². The van der Waals surface area contributed by atoms with Crippen molar-refractivity contribution in [3.05, 3.63) is 94.0 Å². The van der Waals surface area contributed by atoms with E-state index in [0.717, 1.165) is 16.8 Å². The number of hydrogen-bond acceptors (Lipinski definition) is 5. The van der Waals surface area contributed by atoms with Gasteiger partial charge in [-0.05, 0) is 47.5 Å². The largest absolute Gasteiger partial charge is 0.367 e. The van der Waals surface area contributed by atoms with Crippen molar-refractivity contribution in [2.24, 2.45) is 0 Å². The lowest BCUT2D eigenvalue weighted by atomic mass is 10.1. The second-order valence-corrected chi connectivity index (χ2v) is 6.30. The van der Waals surface area contributed by atoms with Gasteiger partial charge in [0.25, 0.3) is 17.5 Å². The first kappa shape index (κ1) is 17.4. The Morgan fingerprint density at radius 2 is 1.29 bits per heavy atom. The molecule has 7 heteroatoms. The Morgan fingerprint density at radius 3 is 1.79 bits per heavy atom. The van der Waals surface area contributed by atoms with Crippen LogP contribution in [-0.4, -0.2) is 28.3 Å². The molecule has 0 saturated heterocycles. The summed E-state index contributed by atoms with van der Waals surface area (Å²) in [6.07, 6.45) is 0. The van der Waals surface area contributed by atoms with Crippen molar-refractivity contribution in [3.63, 3.8) is 0 Å². The Bertz CT molecular complexity index is 1040. The molecule has 1 N–H and O–H groups in total. The van der Waals surface area contributed by atoms with Gasteiger partial charge in [0.2, 0.25) is 0 Å². The number of carbonyl (C=O) groups excluding carboxylic acids is 2. The van der Waals surface area contributed by atoms with Crippen LogP contribution in [0.1, 0.15) is 20.7 Å². The summed E-state index contributed by atoms with van der Waals surface area (Å²) in [5.41, 5.74) is 3.40. The quantitative estimate of drug-likeness (QED) is 0.416. The first-order valence-corrected chi connectivity index (χ1v) is 8.58. The lowest BCUT2D eigenvalue weighted by Gasteiger charge is -2.16. The summed E-state index contributed by atoms with van der Waals surface area (Å²) < 4.78 is 0. The van der Waals surface area contributed by atoms with Crippen LogP contribution in [0.15, 0.2) is 72.8 Å². The maximum atomic E-state index is 12.4. The molecule has 3 aromatic rings. The molecule has 0 spiro atoms. The van der Waals surface area contributed by atoms with Gasteiger partial charge in [-0.25, -0.2) is 0 Å². The van der Waals surface area contributed by atoms with Crippen molar-refractivity contribution in [1.82, 2.24) is 4.90 Å². The number of fused-ring (bicyclic) bond motifs is 1. The molecule has 0 aliphatic carbocycles. The van der Waals surface area contributed by atoms with E-state index in [4.69, 9.17) is 0 Å². The van der Waals surface area contributed by atoms with Gasteiger partial charge in [-0.2, -0.15) is 0 Å². The zero-order valence-corrected chi connectivity index (χ0v) is 14.7. The zero-order chi connectivity index (χ0) is 19.7. The maximum absolute atomic E-state index is 12.4. The normalized spacial score (nSPS) is 12.8. The van der Waals surface area contributed by atoms with Gasteiger partial charge in [0, 0.05) is 17.8 Å². The summed E-state index contributed by atoms with van der Waals surface area (Å²) in [4.78, 5) is 36.2. The van der Waals surface area contributed by atoms with Crippen molar-refractivity contribution < 1.29 is 14.5 Å². The second-order valence-electron chi connectivity index (χ2n) is 6.30. The molecular formula is C21H15N3O4. The van der Waals surface area contributed by atoms with Crippen LogP contribution in [0.3, 0.4) is 0 Å². The van der Waals surface area contributed by atoms with Crippen molar-refractivity contribution in [2.45, 2.75) is 0 Å². The van der Waals surface area contributed by atoms with Crippen LogP contribution in [0.25, 0.3) is 11.1 Å². The fourth-order valence-electron chi connectivity index (χ4n) is 3.11. The smallest absolute Gasteiger partial charge is 0.269 e. The number of nitrogens with zero attached hydrogens (tertiary/aromatic N) is 2. The number of non-ortho nitro benzene ring substituents is 1. The number of rotatable bonds is 5. The average Bonchev–Trinajstić information content (AvgIpc) is 2.97. The molecule has 0 fully saturated rings. The highest BCUT2D eigenvalue weighted by atomic mass is 16.6. The molecule has 0 saturated carbocycles. The van der Waals surface area contributed by atoms with Gasteiger partial charge in [-0.15, -0.1) is 0 Å². The Kier molecular flexibility index (Phi) is 4.33. The molecule has 2 amide bonds. The molecule has 138 valence electrons. The monoisotopic (exact) mass is 373 g/mol. The van der Waals surface area contributed by atoms with E-state index >= 15 is 0 Å². The van der Waals surface area contributed by atoms with E-state index in [1.165, 1.54) is 17.0 Å². The van der Waals surface area contributed by atoms with Crippen LogP contribution in [-0.2, 0) is 0 Å². The van der Waals surface area contributed by atoms with E-state index in [9.17, 15) is 19.7 Å². The van der Waals surface area contributed by atoms with Gasteiger partial charge in [0.15, 0.2) is 0 Å². The van der Waals surface area contributed by atoms with Gasteiger partial charge in [0.05, 0.1) is 22.7 Å². The van der Waals surface area contributed by atoms with E-state index < -0.39 is 4.92 Å². The first-order chi connectivity index (χ1) is 13.5. The van der Waals surface area contributed by atoms with E-state index in [1.54, 1.807) is 36.4 Å². The minimum Gasteiger partial charge on any atom is -0.367 e. The van der Waals surface area contributed by atoms with Crippen molar-refractivity contribution >= 4 is 23.2 Å². The molecule has 1 aliphatic rings. The van der Waals surface area contributed by atoms with E-state index in [2.05, 4.69) is 5.32 Å². The number of nitro benzene ring substituents is 1. The predicted octanol–water partition coefficient (Wildman–Crippen LogP) is 3.93. The summed E-state index contributed by atoms with van der Waals surface area (Å²) in [7, 11) is 0. The van der Waals surface area contributed by atoms with Gasteiger partial charge in [0.1, 0.15) is 0 Å². The van der Waals surface area contributed by atoms with E-state index in [0.29, 0.717) is 11.1 Å². The molecule has 28 heavy (non-hydrogen) atoms. The Balaban J connectivity index is 1.44. The zero-order valence-electron chi connectivity index (χ0n) is 14.7. The lowest BCUT2D eigenvalue weighted by molar-refractivity contribution is -0.384. The Labute approximate surface area is 160 Å². The lowest BCUT2D eigenvalue weighted by Crippen LogP contribution is -2.34. The number of anilines is 1. The molecule has 3 aromatic carbocycles. The van der Waals surface area contributed by atoms with Crippen molar-refractivity contribution in [1.29, 1.82) is 0 Å². The van der Waals surface area contributed by atoms with Crippen LogP contribution >= 0.6 is 0 Å². The fraction of sp³-hybridized carbons (Fsp3) is 0.0476. The van der Waals surface area contributed by atoms with Crippen molar-refractivity contribution in [3.8, 4) is 11.1 Å². The van der Waals surface area contributed by atoms with Crippen molar-refractivity contribution in [2.75, 3.05) is 12.0 Å². The Hall–Kier alpha value is -4.00. The van der Waals surface area contributed by atoms with Gasteiger partial charge < -0.3 is 5.32 Å². The Morgan fingerprint density at radius 1 is 0.786 bits per heavy atom. The third-order valence-electron chi connectivity index (χ3n) is 4.62. The maximum Gasteiger partial charge on any atom is 0.269 e. The highest BCUT2D eigenvalue weighted by Crippen LogP contribution is 2.25. The highest BCUT2D eigenvalue weighted by molar-refractivity contribution is 6.21. The molecule has 1 aliphatic heterocycles. The molecule has 0 bridgehead atoms. The van der Waals surface area contributed by atoms with Gasteiger partial charge in [-0.1, -0.05) is 24.3 Å². The highest BCUT2D eigenvalue weighted by Gasteiger charge is 2.34. The number of imide groups is 1. The average molecular weight is 373 g/mol. The van der Waals surface area contributed by atoms with Gasteiger partial charge in [-0.3, -0.25) is 24.6 Å². The van der Waals surface area contributed by atoms with E-state index in [1.807, 2.05) is 24.3 Å². The SMILES string of the molecule is O=C1c2ccccc2C(=O)N1CNc1ccc(-c2ccc([N+](=O)[O-])cc2)cc1. The minimum atomic E-state index is -0.435. The molecular weight excluding hydrogens is 358 g/mol. The standard InChI is InChI=1S/C21H15N3O4/c25-20-18-3-1-2-4-19(18)21(26)23(20)13-22-16-9-5-14(6-10-16)15-7-11-17(12-8-15)24(27)28/h1-12,22H,13H2. The predicted molar refractivity (Wildman–Crippen MR) is 104 cm³/mol. The van der Waals surface area contributed by atoms with Crippen LogP contribution < -0.4 is 5.32 Å². The molecule has 4 rings (SSSR count). The molecule has 0 atom stereocenters. The number of nitrogens with one attached hydrogen (secondary N) is 1. The summed E-state index contributed by atoms with van der Waals surface area (Å²) in [6, 6.07) is 20.5. The fourth-order valence-corrected chi connectivity index (χ4v) is 3.11. The van der Waals surface area contributed by atoms with Crippen LogP contribution in [0.5, 0.6) is 0 Å². The number of amides is 2. The van der Waals surface area contributed by atoms with Crippen LogP contribution in [0, 0.1) is 10.1 Å². The minimum absolute atomic E-state index is 0.0444. The second kappa shape index (κ2) is 6.96. The number of carbonyl (C=O) groups is 2. The van der Waals surface area contributed by atoms with Crippen LogP contribution in [0.2, 0.25) is 0 Å². The molecule has 1 heterocycles. The van der Waals surface area contributed by atoms with Gasteiger partial charge >= 0.3 is 0 Å². The summed E-state index contributed by atoms with van der Waals surface area (Å²) in [5, 5.41) is 13.8. The number of nitro groups is 1. The molecule has 0 unspecified atom stereocenters. The first-order valence-electron chi connectivity index (χ1n) is 8.58. The summed E-state index contributed by atoms with van der Waals surface area (Å²) in [6.45, 7) is 0.0726. The molecule has 0 radical (unpaired) electrons.